The Balaban J connectivity index is 2.19. The van der Waals surface area contributed by atoms with E-state index in [4.69, 9.17) is 0 Å². The van der Waals surface area contributed by atoms with Crippen molar-refractivity contribution in [1.29, 1.82) is 0 Å². The molecule has 0 aliphatic carbocycles. The summed E-state index contributed by atoms with van der Waals surface area (Å²) in [6.45, 7) is 9.71. The molecule has 4 aromatic carbocycles. The first-order valence-electron chi connectivity index (χ1n) is 12.5. The highest BCUT2D eigenvalue weighted by atomic mass is 28.4. The Morgan fingerprint density at radius 1 is 0.600 bits per heavy atom. The molecule has 4 rings (SSSR count). The van der Waals surface area contributed by atoms with E-state index in [0.717, 1.165) is 0 Å². The quantitative estimate of drug-likeness (QED) is 0.182. The van der Waals surface area contributed by atoms with Crippen LogP contribution in [0.1, 0.15) is 27.2 Å². The average Bonchev–Trinajstić information content (AvgIpc) is 2.90. The van der Waals surface area contributed by atoms with Crippen LogP contribution in [0.4, 0.5) is 0 Å². The summed E-state index contributed by atoms with van der Waals surface area (Å²) >= 11 is 0. The van der Waals surface area contributed by atoms with Crippen LogP contribution in [0.2, 0.25) is 16.7 Å². The summed E-state index contributed by atoms with van der Waals surface area (Å²) in [5, 5.41) is 5.83. The zero-order valence-corrected chi connectivity index (χ0v) is 23.3. The van der Waals surface area contributed by atoms with Gasteiger partial charge < -0.3 is 4.79 Å². The molecule has 0 spiro atoms. The summed E-state index contributed by atoms with van der Waals surface area (Å²) in [5.41, 5.74) is 0. The Morgan fingerprint density at radius 2 is 0.914 bits per heavy atom. The number of benzene rings is 4. The highest BCUT2D eigenvalue weighted by Crippen LogP contribution is 2.48. The Bertz CT molecular complexity index is 1120. The first-order chi connectivity index (χ1) is 16.9. The molecule has 1 nitrogen and oxygen atoms in total. The molecule has 0 saturated heterocycles. The van der Waals surface area contributed by atoms with Crippen LogP contribution in [0.5, 0.6) is 0 Å². The molecule has 35 heavy (non-hydrogen) atoms. The molecular weight excluding hydrogens is 457 g/mol. The second kappa shape index (κ2) is 10.3. The van der Waals surface area contributed by atoms with Crippen molar-refractivity contribution in [2.24, 2.45) is 0 Å². The van der Waals surface area contributed by atoms with Gasteiger partial charge in [-0.1, -0.05) is 154 Å². The number of rotatable bonds is 8. The smallest absolute Gasteiger partial charge is 0.149 e. The molecule has 0 heterocycles. The predicted molar refractivity (Wildman–Crippen MR) is 156 cm³/mol. The first-order valence-corrected chi connectivity index (χ1v) is 17.2. The molecule has 0 radical (unpaired) electrons. The van der Waals surface area contributed by atoms with Gasteiger partial charge in [-0.15, -0.1) is 0 Å². The molecule has 0 N–H and O–H groups in total. The van der Waals surface area contributed by atoms with Crippen molar-refractivity contribution in [1.82, 2.24) is 0 Å². The van der Waals surface area contributed by atoms with Gasteiger partial charge in [0, 0.05) is 6.42 Å². The fourth-order valence-electron chi connectivity index (χ4n) is 6.09. The van der Waals surface area contributed by atoms with E-state index >= 15 is 0 Å². The predicted octanol–water partition coefficient (Wildman–Crippen LogP) is 5.44. The number of aldehydes is 1. The van der Waals surface area contributed by atoms with E-state index in [1.165, 1.54) is 27.0 Å². The second-order valence-electron chi connectivity index (χ2n) is 10.7. The van der Waals surface area contributed by atoms with Crippen molar-refractivity contribution in [3.63, 3.8) is 0 Å². The lowest BCUT2D eigenvalue weighted by Gasteiger charge is -2.53. The minimum absolute atomic E-state index is 0.0403. The Labute approximate surface area is 212 Å². The van der Waals surface area contributed by atoms with Crippen molar-refractivity contribution in [3.05, 3.63) is 121 Å². The van der Waals surface area contributed by atoms with Crippen LogP contribution in [-0.4, -0.2) is 22.4 Å². The fourth-order valence-corrected chi connectivity index (χ4v) is 21.4. The molecule has 0 bridgehead atoms. The van der Waals surface area contributed by atoms with Crippen LogP contribution in [0.25, 0.3) is 0 Å². The van der Waals surface area contributed by atoms with E-state index in [-0.39, 0.29) is 10.2 Å². The standard InChI is InChI=1S/C32H36OSi2/c1-32(2,3)34(4,27-17-9-5-10-18-27)31(25-26-33)35(28-19-11-6-12-20-28,29-21-13-7-14-22-29)30-23-15-8-16-24-30/h5-24,26,31H,25H2,1-4H3/t31-,34+/m0/s1. The molecule has 2 atom stereocenters. The van der Waals surface area contributed by atoms with Gasteiger partial charge in [-0.05, 0) is 25.8 Å². The van der Waals surface area contributed by atoms with Crippen molar-refractivity contribution < 1.29 is 4.79 Å². The Hall–Kier alpha value is -3.02. The molecule has 0 aliphatic rings. The van der Waals surface area contributed by atoms with Crippen molar-refractivity contribution >= 4 is 43.2 Å². The topological polar surface area (TPSA) is 17.1 Å². The molecule has 0 aliphatic heterocycles. The summed E-state index contributed by atoms with van der Waals surface area (Å²) in [4.78, 5) is 12.6. The largest absolute Gasteiger partial charge is 0.303 e. The van der Waals surface area contributed by atoms with Crippen molar-refractivity contribution in [2.75, 3.05) is 0 Å². The van der Waals surface area contributed by atoms with Crippen LogP contribution in [0.3, 0.4) is 0 Å². The van der Waals surface area contributed by atoms with E-state index in [2.05, 4.69) is 149 Å². The molecule has 0 amide bonds. The third kappa shape index (κ3) is 4.39. The molecule has 4 aromatic rings. The molecular formula is C32H36OSi2. The highest BCUT2D eigenvalue weighted by Gasteiger charge is 2.58. The van der Waals surface area contributed by atoms with Crippen LogP contribution in [0.15, 0.2) is 121 Å². The lowest BCUT2D eigenvalue weighted by molar-refractivity contribution is -0.107. The van der Waals surface area contributed by atoms with E-state index < -0.39 is 16.1 Å². The summed E-state index contributed by atoms with van der Waals surface area (Å²) < 4.78 is 0. The second-order valence-corrected chi connectivity index (χ2v) is 20.5. The minimum Gasteiger partial charge on any atom is -0.303 e. The number of carbonyl (C=O) groups excluding carboxylic acids is 1. The van der Waals surface area contributed by atoms with Gasteiger partial charge in [0.25, 0.3) is 0 Å². The zero-order valence-electron chi connectivity index (χ0n) is 21.3. The van der Waals surface area contributed by atoms with E-state index in [9.17, 15) is 4.79 Å². The maximum Gasteiger partial charge on any atom is 0.149 e. The average molecular weight is 493 g/mol. The molecule has 0 aromatic heterocycles. The van der Waals surface area contributed by atoms with Crippen molar-refractivity contribution in [2.45, 2.75) is 43.9 Å². The molecule has 3 heteroatoms. The lowest BCUT2D eigenvalue weighted by Crippen LogP contribution is -2.77. The number of carbonyl (C=O) groups is 1. The Kier molecular flexibility index (Phi) is 7.39. The van der Waals surface area contributed by atoms with Crippen LogP contribution < -0.4 is 20.7 Å². The lowest BCUT2D eigenvalue weighted by atomic mass is 10.2. The molecule has 0 saturated carbocycles. The van der Waals surface area contributed by atoms with E-state index in [1.54, 1.807) is 0 Å². The highest BCUT2D eigenvalue weighted by molar-refractivity contribution is 7.21. The maximum absolute atomic E-state index is 12.6. The first kappa shape index (κ1) is 25.1. The number of hydrogen-bond donors (Lipinski definition) is 0. The summed E-state index contributed by atoms with van der Waals surface area (Å²) in [6, 6.07) is 44.2. The minimum atomic E-state index is -2.67. The van der Waals surface area contributed by atoms with Crippen molar-refractivity contribution in [3.8, 4) is 0 Å². The SMILES string of the molecule is CC(C)(C)[Si@](C)(c1ccccc1)[C@H](CC=O)[Si](c1ccccc1)(c1ccccc1)c1ccccc1. The zero-order chi connectivity index (χ0) is 24.9. The van der Waals surface area contributed by atoms with Gasteiger partial charge in [-0.25, -0.2) is 0 Å². The van der Waals surface area contributed by atoms with Crippen LogP contribution in [-0.2, 0) is 4.79 Å². The third-order valence-electron chi connectivity index (χ3n) is 8.17. The summed E-state index contributed by atoms with van der Waals surface area (Å²) in [6.07, 6.45) is 1.75. The normalized spacial score (nSPS) is 14.6. The van der Waals surface area contributed by atoms with Crippen LogP contribution in [0, 0.1) is 0 Å². The number of hydrogen-bond acceptors (Lipinski definition) is 1. The van der Waals surface area contributed by atoms with Gasteiger partial charge in [0.15, 0.2) is 0 Å². The summed E-state index contributed by atoms with van der Waals surface area (Å²) in [7, 11) is -5.00. The van der Waals surface area contributed by atoms with Gasteiger partial charge >= 0.3 is 0 Å². The third-order valence-corrected chi connectivity index (χ3v) is 22.5. The maximum atomic E-state index is 12.6. The molecule has 0 unspecified atom stereocenters. The monoisotopic (exact) mass is 492 g/mol. The molecule has 178 valence electrons. The Morgan fingerprint density at radius 3 is 1.20 bits per heavy atom. The van der Waals surface area contributed by atoms with Gasteiger partial charge in [0.05, 0.1) is 8.07 Å². The van der Waals surface area contributed by atoms with E-state index in [0.29, 0.717) is 6.42 Å². The molecule has 0 fully saturated rings. The fraction of sp³-hybridized carbons (Fsp3) is 0.219. The van der Waals surface area contributed by atoms with Gasteiger partial charge in [-0.3, -0.25) is 0 Å². The van der Waals surface area contributed by atoms with Gasteiger partial charge in [-0.2, -0.15) is 0 Å². The summed E-state index contributed by atoms with van der Waals surface area (Å²) in [5.74, 6) is 0. The van der Waals surface area contributed by atoms with Gasteiger partial charge in [0.1, 0.15) is 14.4 Å². The van der Waals surface area contributed by atoms with E-state index in [1.807, 2.05) is 0 Å². The van der Waals surface area contributed by atoms with Crippen LogP contribution >= 0.6 is 0 Å². The van der Waals surface area contributed by atoms with Gasteiger partial charge in [0.2, 0.25) is 0 Å².